The van der Waals surface area contributed by atoms with Crippen molar-refractivity contribution in [2.45, 2.75) is 0 Å². The van der Waals surface area contributed by atoms with E-state index in [4.69, 9.17) is 0 Å². The molecule has 2 N–H and O–H groups in total. The third kappa shape index (κ3) is 3.24. The largest absolute Gasteiger partial charge is 0.324 e. The lowest BCUT2D eigenvalue weighted by Gasteiger charge is -2.06. The Balaban J connectivity index is 1.92. The molecule has 7 heteroatoms. The van der Waals surface area contributed by atoms with Gasteiger partial charge in [-0.2, -0.15) is 0 Å². The standard InChI is InChI=1S/C16H13N5OS/c1-3-11(17-4-2)12-7-8-18-15(20-12)19-10-5-6-13-14(9-10)23-16(22)21-13/h3-9H,1-2H2,(H,21,22)(H,18,19,20). The lowest BCUT2D eigenvalue weighted by Crippen LogP contribution is -2.04. The summed E-state index contributed by atoms with van der Waals surface area (Å²) in [5.74, 6) is 0.434. The molecule has 2 heterocycles. The van der Waals surface area contributed by atoms with Crippen molar-refractivity contribution in [3.8, 4) is 0 Å². The van der Waals surface area contributed by atoms with E-state index in [1.165, 1.54) is 6.20 Å². The van der Waals surface area contributed by atoms with Crippen LogP contribution in [0.5, 0.6) is 0 Å². The number of H-pyrrole nitrogens is 1. The molecule has 114 valence electrons. The van der Waals surface area contributed by atoms with Crippen LogP contribution in [0.25, 0.3) is 10.2 Å². The number of hydrogen-bond acceptors (Lipinski definition) is 6. The Morgan fingerprint density at radius 1 is 1.35 bits per heavy atom. The number of nitrogens with zero attached hydrogens (tertiary/aromatic N) is 3. The fourth-order valence-corrected chi connectivity index (χ4v) is 2.81. The van der Waals surface area contributed by atoms with Crippen LogP contribution in [0.15, 0.2) is 65.7 Å². The van der Waals surface area contributed by atoms with E-state index in [1.54, 1.807) is 18.3 Å². The quantitative estimate of drug-likeness (QED) is 0.706. The first-order chi connectivity index (χ1) is 11.2. The van der Waals surface area contributed by atoms with Gasteiger partial charge in [0.15, 0.2) is 0 Å². The molecule has 0 spiro atoms. The zero-order valence-electron chi connectivity index (χ0n) is 12.1. The smallest absolute Gasteiger partial charge is 0.305 e. The number of allylic oxidation sites excluding steroid dienone is 1. The number of aromatic nitrogens is 3. The van der Waals surface area contributed by atoms with E-state index in [9.17, 15) is 4.79 Å². The number of benzene rings is 1. The number of nitrogens with one attached hydrogen (secondary N) is 2. The van der Waals surface area contributed by atoms with Crippen LogP contribution in [0.4, 0.5) is 11.6 Å². The summed E-state index contributed by atoms with van der Waals surface area (Å²) in [6.07, 6.45) is 4.69. The van der Waals surface area contributed by atoms with Crippen molar-refractivity contribution < 1.29 is 0 Å². The minimum Gasteiger partial charge on any atom is -0.324 e. The van der Waals surface area contributed by atoms with Crippen LogP contribution < -0.4 is 10.2 Å². The van der Waals surface area contributed by atoms with Gasteiger partial charge in [0.1, 0.15) is 0 Å². The van der Waals surface area contributed by atoms with Crippen molar-refractivity contribution in [1.82, 2.24) is 15.0 Å². The highest BCUT2D eigenvalue weighted by Gasteiger charge is 2.05. The maximum Gasteiger partial charge on any atom is 0.305 e. The molecule has 3 rings (SSSR count). The third-order valence-corrected chi connectivity index (χ3v) is 3.86. The molecular formula is C16H13N5OS. The Hall–Kier alpha value is -3.06. The molecule has 1 aromatic carbocycles. The van der Waals surface area contributed by atoms with Crippen LogP contribution >= 0.6 is 11.3 Å². The lowest BCUT2D eigenvalue weighted by molar-refractivity contribution is 1.15. The van der Waals surface area contributed by atoms with Crippen LogP contribution in [-0.2, 0) is 0 Å². The summed E-state index contributed by atoms with van der Waals surface area (Å²) in [4.78, 5) is 26.8. The van der Waals surface area contributed by atoms with Gasteiger partial charge in [0, 0.05) is 18.1 Å². The number of fused-ring (bicyclic) bond motifs is 1. The van der Waals surface area contributed by atoms with Gasteiger partial charge < -0.3 is 10.3 Å². The highest BCUT2D eigenvalue weighted by Crippen LogP contribution is 2.21. The zero-order valence-corrected chi connectivity index (χ0v) is 12.9. The molecule has 0 aliphatic heterocycles. The Morgan fingerprint density at radius 2 is 2.22 bits per heavy atom. The van der Waals surface area contributed by atoms with Crippen molar-refractivity contribution in [1.29, 1.82) is 0 Å². The van der Waals surface area contributed by atoms with Crippen LogP contribution in [-0.4, -0.2) is 20.7 Å². The topological polar surface area (TPSA) is 83.0 Å². The first kappa shape index (κ1) is 14.9. The molecule has 0 fully saturated rings. The van der Waals surface area contributed by atoms with Gasteiger partial charge in [-0.1, -0.05) is 24.5 Å². The maximum atomic E-state index is 11.4. The van der Waals surface area contributed by atoms with Crippen molar-refractivity contribution in [3.63, 3.8) is 0 Å². The van der Waals surface area contributed by atoms with E-state index in [-0.39, 0.29) is 4.87 Å². The predicted octanol–water partition coefficient (Wildman–Crippen LogP) is 3.24. The fraction of sp³-hybridized carbons (Fsp3) is 0. The predicted molar refractivity (Wildman–Crippen MR) is 94.7 cm³/mol. The second-order valence-electron chi connectivity index (χ2n) is 4.52. The van der Waals surface area contributed by atoms with Crippen LogP contribution in [0.3, 0.4) is 0 Å². The highest BCUT2D eigenvalue weighted by molar-refractivity contribution is 7.16. The number of rotatable bonds is 5. The van der Waals surface area contributed by atoms with Gasteiger partial charge in [-0.05, 0) is 30.3 Å². The molecule has 0 aliphatic carbocycles. The number of thiazole rings is 1. The van der Waals surface area contributed by atoms with Crippen LogP contribution in [0.1, 0.15) is 5.69 Å². The lowest BCUT2D eigenvalue weighted by atomic mass is 10.2. The van der Waals surface area contributed by atoms with Gasteiger partial charge in [-0.15, -0.1) is 0 Å². The maximum absolute atomic E-state index is 11.4. The number of anilines is 2. The molecule has 0 radical (unpaired) electrons. The summed E-state index contributed by atoms with van der Waals surface area (Å²) in [7, 11) is 0. The average molecular weight is 323 g/mol. The Morgan fingerprint density at radius 3 is 3.00 bits per heavy atom. The Kier molecular flexibility index (Phi) is 4.11. The van der Waals surface area contributed by atoms with Gasteiger partial charge in [0.2, 0.25) is 5.95 Å². The van der Waals surface area contributed by atoms with Gasteiger partial charge >= 0.3 is 4.87 Å². The molecule has 3 aromatic rings. The summed E-state index contributed by atoms with van der Waals surface area (Å²) in [6, 6.07) is 7.32. The summed E-state index contributed by atoms with van der Waals surface area (Å²) < 4.78 is 0.871. The number of aliphatic imine (C=N–C) groups is 1. The monoisotopic (exact) mass is 323 g/mol. The highest BCUT2D eigenvalue weighted by atomic mass is 32.1. The van der Waals surface area contributed by atoms with Crippen molar-refractivity contribution in [2.75, 3.05) is 5.32 Å². The van der Waals surface area contributed by atoms with E-state index >= 15 is 0 Å². The molecule has 0 saturated heterocycles. The second-order valence-corrected chi connectivity index (χ2v) is 5.53. The zero-order chi connectivity index (χ0) is 16.2. The van der Waals surface area contributed by atoms with Gasteiger partial charge in [-0.25, -0.2) is 9.97 Å². The fourth-order valence-electron chi connectivity index (χ4n) is 2.04. The summed E-state index contributed by atoms with van der Waals surface area (Å²) in [5.41, 5.74) is 2.87. The molecule has 0 saturated carbocycles. The summed E-state index contributed by atoms with van der Waals surface area (Å²) >= 11 is 1.16. The van der Waals surface area contributed by atoms with E-state index in [1.807, 2.05) is 18.2 Å². The molecule has 0 amide bonds. The van der Waals surface area contributed by atoms with E-state index in [0.717, 1.165) is 27.2 Å². The van der Waals surface area contributed by atoms with Gasteiger partial charge in [0.25, 0.3) is 0 Å². The van der Waals surface area contributed by atoms with Crippen molar-refractivity contribution in [2.24, 2.45) is 4.99 Å². The van der Waals surface area contributed by atoms with E-state index in [0.29, 0.717) is 17.4 Å². The number of hydrogen-bond donors (Lipinski definition) is 2. The van der Waals surface area contributed by atoms with E-state index < -0.39 is 0 Å². The Labute approximate surface area is 136 Å². The second kappa shape index (κ2) is 6.37. The van der Waals surface area contributed by atoms with Gasteiger partial charge in [-0.3, -0.25) is 9.79 Å². The van der Waals surface area contributed by atoms with E-state index in [2.05, 4.69) is 38.4 Å². The molecule has 2 aromatic heterocycles. The van der Waals surface area contributed by atoms with Gasteiger partial charge in [0.05, 0.1) is 21.6 Å². The SMILES string of the molecule is C=CN=C(C=C)c1ccnc(Nc2ccc3[nH]c(=O)sc3c2)n1. The van der Waals surface area contributed by atoms with Crippen molar-refractivity contribution >= 4 is 38.9 Å². The molecule has 0 unspecified atom stereocenters. The minimum absolute atomic E-state index is 0.0772. The number of aromatic amines is 1. The van der Waals surface area contributed by atoms with Crippen LogP contribution in [0.2, 0.25) is 0 Å². The average Bonchev–Trinajstić information content (AvgIpc) is 2.92. The first-order valence-corrected chi connectivity index (χ1v) is 7.55. The third-order valence-electron chi connectivity index (χ3n) is 3.02. The molecule has 0 bridgehead atoms. The molecule has 0 aliphatic rings. The minimum atomic E-state index is -0.0772. The molecular weight excluding hydrogens is 310 g/mol. The summed E-state index contributed by atoms with van der Waals surface area (Å²) in [5, 5.41) is 3.12. The molecule has 6 nitrogen and oxygen atoms in total. The normalized spacial score (nSPS) is 11.4. The van der Waals surface area contributed by atoms with Crippen LogP contribution in [0, 0.1) is 0 Å². The Bertz CT molecular complexity index is 970. The summed E-state index contributed by atoms with van der Waals surface area (Å²) in [6.45, 7) is 7.29. The molecule has 23 heavy (non-hydrogen) atoms. The van der Waals surface area contributed by atoms with Crippen molar-refractivity contribution in [3.05, 3.63) is 71.3 Å². The molecule has 0 atom stereocenters. The first-order valence-electron chi connectivity index (χ1n) is 6.74.